The zero-order valence-corrected chi connectivity index (χ0v) is 30.1. The molecule has 8 aromatic rings. The third-order valence-corrected chi connectivity index (χ3v) is 13.7. The van der Waals surface area contributed by atoms with E-state index in [9.17, 15) is 0 Å². The van der Waals surface area contributed by atoms with Crippen molar-refractivity contribution in [1.82, 2.24) is 15.0 Å². The molecule has 4 heteroatoms. The maximum Gasteiger partial charge on any atom is 0.164 e. The molecule has 240 valence electrons. The fourth-order valence-corrected chi connectivity index (χ4v) is 10.2. The number of benzene rings is 7. The molecule has 0 saturated heterocycles. The molecule has 0 atom stereocenters. The second-order valence-electron chi connectivity index (χ2n) is 14.4. The highest BCUT2D eigenvalue weighted by Crippen LogP contribution is 2.45. The Kier molecular flexibility index (Phi) is 7.65. The minimum Gasteiger partial charge on any atom is -0.217 e. The van der Waals surface area contributed by atoms with Gasteiger partial charge in [0.05, 0.1) is 0 Å². The lowest BCUT2D eigenvalue weighted by Crippen LogP contribution is -2.53. The van der Waals surface area contributed by atoms with Crippen molar-refractivity contribution < 1.29 is 0 Å². The molecule has 8 rings (SSSR count). The lowest BCUT2D eigenvalue weighted by atomic mass is 9.85. The molecule has 7 aromatic carbocycles. The van der Waals surface area contributed by atoms with Crippen LogP contribution in [0.3, 0.4) is 0 Å². The normalized spacial score (nSPS) is 12.2. The van der Waals surface area contributed by atoms with E-state index < -0.39 is 8.07 Å². The van der Waals surface area contributed by atoms with Crippen molar-refractivity contribution in [2.45, 2.75) is 52.6 Å². The molecule has 0 fully saturated rings. The van der Waals surface area contributed by atoms with E-state index in [0.717, 1.165) is 23.0 Å². The maximum absolute atomic E-state index is 5.21. The van der Waals surface area contributed by atoms with Crippen LogP contribution in [0, 0.1) is 0 Å². The highest BCUT2D eigenvalue weighted by Gasteiger charge is 2.31. The van der Waals surface area contributed by atoms with Crippen LogP contribution in [0.5, 0.6) is 0 Å². The van der Waals surface area contributed by atoms with Gasteiger partial charge in [0.1, 0.15) is 19.7 Å². The summed E-state index contributed by atoms with van der Waals surface area (Å²) in [6.45, 7) is 13.6. The average molecular weight is 652 g/mol. The van der Waals surface area contributed by atoms with Crippen LogP contribution in [-0.4, -0.2) is 23.0 Å². The van der Waals surface area contributed by atoms with Crippen molar-refractivity contribution in [1.29, 1.82) is 0 Å². The van der Waals surface area contributed by atoms with Crippen LogP contribution in [0.1, 0.15) is 51.2 Å². The van der Waals surface area contributed by atoms with E-state index in [4.69, 9.17) is 15.0 Å². The Balaban J connectivity index is 1.59. The van der Waals surface area contributed by atoms with E-state index in [2.05, 4.69) is 168 Å². The smallest absolute Gasteiger partial charge is 0.164 e. The molecule has 0 N–H and O–H groups in total. The Morgan fingerprint density at radius 2 is 0.939 bits per heavy atom. The Bertz CT molecular complexity index is 2420. The van der Waals surface area contributed by atoms with Crippen molar-refractivity contribution in [3.8, 4) is 33.6 Å². The molecule has 49 heavy (non-hydrogen) atoms. The lowest BCUT2D eigenvalue weighted by molar-refractivity contribution is 0.697. The van der Waals surface area contributed by atoms with Gasteiger partial charge >= 0.3 is 0 Å². The monoisotopic (exact) mass is 651 g/mol. The molecule has 3 nitrogen and oxygen atoms in total. The van der Waals surface area contributed by atoms with E-state index in [-0.39, 0.29) is 11.8 Å². The summed E-state index contributed by atoms with van der Waals surface area (Å²) in [6.07, 6.45) is 0. The SMILES string of the molecule is CC(C)c1nc(-c2cc(-c3ccccc3)c3ccc4c(-c5ccccc5)ccc5c([Si](C)(C)c6ccccc6)cc2c3c45)nc(C(C)C)n1. The Hall–Kier alpha value is -5.19. The molecule has 0 aliphatic heterocycles. The van der Waals surface area contributed by atoms with Gasteiger partial charge in [-0.3, -0.25) is 0 Å². The Labute approximate surface area is 290 Å². The van der Waals surface area contributed by atoms with Gasteiger partial charge in [-0.2, -0.15) is 0 Å². The van der Waals surface area contributed by atoms with Gasteiger partial charge in [-0.1, -0.05) is 167 Å². The van der Waals surface area contributed by atoms with E-state index in [1.807, 2.05) is 0 Å². The average Bonchev–Trinajstić information content (AvgIpc) is 3.14. The molecule has 0 aliphatic carbocycles. The molecule has 0 aliphatic rings. The highest BCUT2D eigenvalue weighted by molar-refractivity contribution is 7.02. The van der Waals surface area contributed by atoms with Gasteiger partial charge < -0.3 is 0 Å². The predicted molar refractivity (Wildman–Crippen MR) is 211 cm³/mol. The van der Waals surface area contributed by atoms with E-state index in [1.165, 1.54) is 64.9 Å². The van der Waals surface area contributed by atoms with Crippen molar-refractivity contribution in [2.24, 2.45) is 0 Å². The van der Waals surface area contributed by atoms with Crippen molar-refractivity contribution in [2.75, 3.05) is 0 Å². The van der Waals surface area contributed by atoms with Crippen LogP contribution in [0.4, 0.5) is 0 Å². The summed E-state index contributed by atoms with van der Waals surface area (Å²) in [5.41, 5.74) is 5.93. The molecule has 0 bridgehead atoms. The number of nitrogens with zero attached hydrogens (tertiary/aromatic N) is 3. The van der Waals surface area contributed by atoms with Crippen LogP contribution in [0.15, 0.2) is 127 Å². The first-order valence-corrected chi connectivity index (χ1v) is 20.4. The largest absolute Gasteiger partial charge is 0.217 e. The summed E-state index contributed by atoms with van der Waals surface area (Å²) < 4.78 is 0. The van der Waals surface area contributed by atoms with E-state index >= 15 is 0 Å². The number of aromatic nitrogens is 3. The fourth-order valence-electron chi connectivity index (χ4n) is 7.47. The summed E-state index contributed by atoms with van der Waals surface area (Å²) >= 11 is 0. The molecule has 1 aromatic heterocycles. The lowest BCUT2D eigenvalue weighted by Gasteiger charge is -2.28. The first-order valence-electron chi connectivity index (χ1n) is 17.4. The Morgan fingerprint density at radius 1 is 0.449 bits per heavy atom. The predicted octanol–water partition coefficient (Wildman–Crippen LogP) is 10.8. The van der Waals surface area contributed by atoms with Crippen molar-refractivity contribution in [3.05, 3.63) is 139 Å². The summed E-state index contributed by atoms with van der Waals surface area (Å²) in [7, 11) is -2.19. The second kappa shape index (κ2) is 12.0. The second-order valence-corrected chi connectivity index (χ2v) is 18.8. The van der Waals surface area contributed by atoms with Gasteiger partial charge in [0.2, 0.25) is 0 Å². The van der Waals surface area contributed by atoms with Crippen molar-refractivity contribution in [3.63, 3.8) is 0 Å². The summed E-state index contributed by atoms with van der Waals surface area (Å²) in [4.78, 5) is 15.3. The zero-order valence-electron chi connectivity index (χ0n) is 29.1. The van der Waals surface area contributed by atoms with Gasteiger partial charge in [-0.05, 0) is 65.8 Å². The van der Waals surface area contributed by atoms with Crippen molar-refractivity contribution >= 4 is 50.8 Å². The number of rotatable bonds is 7. The molecular weight excluding hydrogens is 611 g/mol. The summed E-state index contributed by atoms with van der Waals surface area (Å²) in [5.74, 6) is 2.80. The van der Waals surface area contributed by atoms with Crippen LogP contribution in [0.2, 0.25) is 13.1 Å². The Morgan fingerprint density at radius 3 is 1.51 bits per heavy atom. The van der Waals surface area contributed by atoms with E-state index in [1.54, 1.807) is 0 Å². The standard InChI is InChI=1S/C45H41N3Si/c1-28(2)43-46-44(29(3)4)48-45(47-43)39-26-37(31-18-12-8-13-19-31)35-24-23-34-33(30-16-10-7-11-17-30)22-25-36-40(27-38(39)42(35)41(34)36)49(5,6)32-20-14-9-15-21-32/h7-29H,1-6H3. The van der Waals surface area contributed by atoms with Gasteiger partial charge in [0.15, 0.2) is 5.82 Å². The molecular formula is C45H41N3Si. The van der Waals surface area contributed by atoms with Gasteiger partial charge in [0.25, 0.3) is 0 Å². The molecule has 0 saturated carbocycles. The highest BCUT2D eigenvalue weighted by atomic mass is 28.3. The summed E-state index contributed by atoms with van der Waals surface area (Å²) in [6, 6.07) is 47.0. The first-order chi connectivity index (χ1) is 23.7. The fraction of sp³-hybridized carbons (Fsp3) is 0.178. The van der Waals surface area contributed by atoms with Gasteiger partial charge in [0, 0.05) is 17.4 Å². The van der Waals surface area contributed by atoms with Gasteiger partial charge in [-0.25, -0.2) is 15.0 Å². The molecule has 1 heterocycles. The third-order valence-electron chi connectivity index (χ3n) is 10.2. The third kappa shape index (κ3) is 5.22. The topological polar surface area (TPSA) is 38.7 Å². The minimum atomic E-state index is -2.19. The van der Waals surface area contributed by atoms with Crippen LogP contribution in [0.25, 0.3) is 66.0 Å². The van der Waals surface area contributed by atoms with E-state index in [0.29, 0.717) is 0 Å². The van der Waals surface area contributed by atoms with Crippen LogP contribution in [-0.2, 0) is 0 Å². The molecule has 0 spiro atoms. The zero-order chi connectivity index (χ0) is 33.9. The maximum atomic E-state index is 5.21. The molecule has 0 unspecified atom stereocenters. The quantitative estimate of drug-likeness (QED) is 0.127. The van der Waals surface area contributed by atoms with Crippen LogP contribution >= 0.6 is 0 Å². The molecule has 0 amide bonds. The van der Waals surface area contributed by atoms with Gasteiger partial charge in [-0.15, -0.1) is 0 Å². The molecule has 0 radical (unpaired) electrons. The summed E-state index contributed by atoms with van der Waals surface area (Å²) in [5, 5.41) is 10.5. The first kappa shape index (κ1) is 31.1. The number of hydrogen-bond acceptors (Lipinski definition) is 3. The minimum absolute atomic E-state index is 0.182. The number of hydrogen-bond donors (Lipinski definition) is 0. The van der Waals surface area contributed by atoms with Crippen LogP contribution < -0.4 is 10.4 Å².